The first-order valence-corrected chi connectivity index (χ1v) is 6.09. The van der Waals surface area contributed by atoms with Crippen molar-refractivity contribution in [1.29, 1.82) is 5.26 Å². The zero-order valence-electron chi connectivity index (χ0n) is 10.7. The summed E-state index contributed by atoms with van der Waals surface area (Å²) in [5.41, 5.74) is 0.672. The molecule has 0 radical (unpaired) electrons. The van der Waals surface area contributed by atoms with Crippen LogP contribution in [-0.4, -0.2) is 17.4 Å². The van der Waals surface area contributed by atoms with Gasteiger partial charge in [0, 0.05) is 12.2 Å². The van der Waals surface area contributed by atoms with Crippen LogP contribution in [0.3, 0.4) is 0 Å². The minimum atomic E-state index is -0.704. The molecule has 2 rings (SSSR count). The number of carbonyl (C=O) groups excluding carboxylic acids is 1. The normalized spacial score (nSPS) is 9.80. The fraction of sp³-hybridized carbons (Fsp3) is 0.133. The van der Waals surface area contributed by atoms with Gasteiger partial charge in [-0.05, 0) is 24.3 Å². The number of pyridine rings is 1. The first-order chi connectivity index (χ1) is 9.72. The van der Waals surface area contributed by atoms with Crippen LogP contribution in [0.4, 0.5) is 10.1 Å². The van der Waals surface area contributed by atoms with Crippen molar-refractivity contribution in [2.75, 3.05) is 11.4 Å². The second-order valence-electron chi connectivity index (χ2n) is 4.05. The van der Waals surface area contributed by atoms with Gasteiger partial charge < -0.3 is 4.90 Å². The first-order valence-electron chi connectivity index (χ1n) is 6.09. The molecule has 0 N–H and O–H groups in total. The number of carbonyl (C=O) groups is 1. The number of hydrogen-bond acceptors (Lipinski definition) is 3. The SMILES string of the molecule is N#CCCN(C(=O)c1cccc(F)n1)c1ccccc1. The maximum absolute atomic E-state index is 13.1. The minimum absolute atomic E-state index is 0.0202. The molecule has 100 valence electrons. The summed E-state index contributed by atoms with van der Waals surface area (Å²) in [6.07, 6.45) is 0.190. The van der Waals surface area contributed by atoms with Gasteiger partial charge in [0.15, 0.2) is 0 Å². The highest BCUT2D eigenvalue weighted by Gasteiger charge is 2.18. The molecule has 0 fully saturated rings. The number of amides is 1. The molecular weight excluding hydrogens is 257 g/mol. The largest absolute Gasteiger partial charge is 0.306 e. The van der Waals surface area contributed by atoms with Crippen molar-refractivity contribution in [3.63, 3.8) is 0 Å². The molecule has 0 unspecified atom stereocenters. The number of nitriles is 1. The number of para-hydroxylation sites is 1. The van der Waals surface area contributed by atoms with Gasteiger partial charge in [-0.2, -0.15) is 9.65 Å². The summed E-state index contributed by atoms with van der Waals surface area (Å²) in [5, 5.41) is 8.69. The number of rotatable bonds is 4. The second kappa shape index (κ2) is 6.43. The molecule has 1 aromatic carbocycles. The predicted octanol–water partition coefficient (Wildman–Crippen LogP) is 2.78. The van der Waals surface area contributed by atoms with Crippen LogP contribution in [0, 0.1) is 17.3 Å². The maximum atomic E-state index is 13.1. The predicted molar refractivity (Wildman–Crippen MR) is 72.5 cm³/mol. The molecule has 1 aromatic heterocycles. The van der Waals surface area contributed by atoms with E-state index in [0.29, 0.717) is 5.69 Å². The molecule has 0 spiro atoms. The van der Waals surface area contributed by atoms with Crippen molar-refractivity contribution in [1.82, 2.24) is 4.98 Å². The highest BCUT2D eigenvalue weighted by Crippen LogP contribution is 2.16. The summed E-state index contributed by atoms with van der Waals surface area (Å²) in [6, 6.07) is 15.0. The average molecular weight is 269 g/mol. The lowest BCUT2D eigenvalue weighted by atomic mass is 10.2. The Morgan fingerprint density at radius 3 is 2.60 bits per heavy atom. The lowest BCUT2D eigenvalue weighted by Gasteiger charge is -2.21. The molecule has 2 aromatic rings. The van der Waals surface area contributed by atoms with Crippen molar-refractivity contribution >= 4 is 11.6 Å². The molecule has 0 atom stereocenters. The van der Waals surface area contributed by atoms with Gasteiger partial charge in [-0.1, -0.05) is 24.3 Å². The van der Waals surface area contributed by atoms with E-state index < -0.39 is 11.9 Å². The zero-order valence-corrected chi connectivity index (χ0v) is 10.7. The molecule has 1 amide bonds. The van der Waals surface area contributed by atoms with E-state index in [1.807, 2.05) is 12.1 Å². The number of nitrogens with zero attached hydrogens (tertiary/aromatic N) is 3. The lowest BCUT2D eigenvalue weighted by molar-refractivity contribution is 0.0981. The highest BCUT2D eigenvalue weighted by molar-refractivity contribution is 6.04. The molecular formula is C15H12FN3O. The Morgan fingerprint density at radius 2 is 1.95 bits per heavy atom. The van der Waals surface area contributed by atoms with E-state index in [1.165, 1.54) is 23.1 Å². The molecule has 0 saturated carbocycles. The van der Waals surface area contributed by atoms with Crippen molar-refractivity contribution in [3.8, 4) is 6.07 Å². The molecule has 0 saturated heterocycles. The lowest BCUT2D eigenvalue weighted by Crippen LogP contribution is -2.32. The summed E-state index contributed by atoms with van der Waals surface area (Å²) in [6.45, 7) is 0.234. The van der Waals surface area contributed by atoms with Crippen molar-refractivity contribution in [3.05, 3.63) is 60.2 Å². The van der Waals surface area contributed by atoms with E-state index in [1.54, 1.807) is 24.3 Å². The molecule has 5 heteroatoms. The number of benzene rings is 1. The highest BCUT2D eigenvalue weighted by atomic mass is 19.1. The molecule has 0 aliphatic rings. The Bertz CT molecular complexity index is 637. The Kier molecular flexibility index (Phi) is 4.40. The quantitative estimate of drug-likeness (QED) is 0.802. The van der Waals surface area contributed by atoms with Crippen molar-refractivity contribution in [2.24, 2.45) is 0 Å². The molecule has 0 aliphatic carbocycles. The third-order valence-electron chi connectivity index (χ3n) is 2.69. The van der Waals surface area contributed by atoms with E-state index in [0.717, 1.165) is 0 Å². The molecule has 20 heavy (non-hydrogen) atoms. The van der Waals surface area contributed by atoms with E-state index in [2.05, 4.69) is 4.98 Å². The maximum Gasteiger partial charge on any atom is 0.277 e. The average Bonchev–Trinajstić information content (AvgIpc) is 2.48. The van der Waals surface area contributed by atoms with Crippen molar-refractivity contribution < 1.29 is 9.18 Å². The van der Waals surface area contributed by atoms with Crippen LogP contribution in [0.5, 0.6) is 0 Å². The number of halogens is 1. The van der Waals surface area contributed by atoms with E-state index in [9.17, 15) is 9.18 Å². The van der Waals surface area contributed by atoms with Crippen LogP contribution in [0.2, 0.25) is 0 Å². The third-order valence-corrected chi connectivity index (χ3v) is 2.69. The van der Waals surface area contributed by atoms with Gasteiger partial charge in [0.25, 0.3) is 5.91 Å². The fourth-order valence-corrected chi connectivity index (χ4v) is 1.78. The minimum Gasteiger partial charge on any atom is -0.306 e. The first kappa shape index (κ1) is 13.7. The Morgan fingerprint density at radius 1 is 1.20 bits per heavy atom. The summed E-state index contributed by atoms with van der Waals surface area (Å²) < 4.78 is 13.1. The van der Waals surface area contributed by atoms with Gasteiger partial charge in [0.05, 0.1) is 12.5 Å². The number of aromatic nitrogens is 1. The zero-order chi connectivity index (χ0) is 14.4. The summed E-state index contributed by atoms with van der Waals surface area (Å²) in [4.78, 5) is 17.4. The van der Waals surface area contributed by atoms with E-state index in [-0.39, 0.29) is 18.7 Å². The Hall–Kier alpha value is -2.74. The smallest absolute Gasteiger partial charge is 0.277 e. The molecule has 0 aliphatic heterocycles. The van der Waals surface area contributed by atoms with Crippen LogP contribution in [0.25, 0.3) is 0 Å². The van der Waals surface area contributed by atoms with Gasteiger partial charge >= 0.3 is 0 Å². The van der Waals surface area contributed by atoms with Crippen molar-refractivity contribution in [2.45, 2.75) is 6.42 Å². The van der Waals surface area contributed by atoms with Crippen LogP contribution in [0.1, 0.15) is 16.9 Å². The van der Waals surface area contributed by atoms with Gasteiger partial charge in [0.2, 0.25) is 5.95 Å². The summed E-state index contributed by atoms with van der Waals surface area (Å²) >= 11 is 0. The number of hydrogen-bond donors (Lipinski definition) is 0. The standard InChI is InChI=1S/C15H12FN3O/c16-14-9-4-8-13(18-14)15(20)19(11-5-10-17)12-6-2-1-3-7-12/h1-4,6-9H,5,11H2. The van der Waals surface area contributed by atoms with E-state index in [4.69, 9.17) is 5.26 Å². The van der Waals surface area contributed by atoms with Gasteiger partial charge in [-0.3, -0.25) is 4.79 Å². The van der Waals surface area contributed by atoms with Crippen LogP contribution >= 0.6 is 0 Å². The van der Waals surface area contributed by atoms with Gasteiger partial charge in [0.1, 0.15) is 5.69 Å². The topological polar surface area (TPSA) is 57.0 Å². The molecule has 4 nitrogen and oxygen atoms in total. The van der Waals surface area contributed by atoms with Crippen LogP contribution in [0.15, 0.2) is 48.5 Å². The molecule has 0 bridgehead atoms. The van der Waals surface area contributed by atoms with Gasteiger partial charge in [-0.15, -0.1) is 0 Å². The Labute approximate surface area is 116 Å². The third kappa shape index (κ3) is 3.18. The number of anilines is 1. The summed E-state index contributed by atoms with van der Waals surface area (Å²) in [5.74, 6) is -1.13. The van der Waals surface area contributed by atoms with Crippen LogP contribution < -0.4 is 4.90 Å². The second-order valence-corrected chi connectivity index (χ2v) is 4.05. The monoisotopic (exact) mass is 269 g/mol. The Balaban J connectivity index is 2.32. The fourth-order valence-electron chi connectivity index (χ4n) is 1.78. The molecule has 1 heterocycles. The van der Waals surface area contributed by atoms with Crippen LogP contribution in [-0.2, 0) is 0 Å². The van der Waals surface area contributed by atoms with Gasteiger partial charge in [-0.25, -0.2) is 4.98 Å². The van der Waals surface area contributed by atoms with E-state index >= 15 is 0 Å². The summed E-state index contributed by atoms with van der Waals surface area (Å²) in [7, 11) is 0.